The Bertz CT molecular complexity index is 243. The van der Waals surface area contributed by atoms with Crippen LogP contribution in [0.25, 0.3) is 0 Å². The largest absolute Gasteiger partial charge is 0.464 e. The summed E-state index contributed by atoms with van der Waals surface area (Å²) in [5.74, 6) is -0.418. The lowest BCUT2D eigenvalue weighted by molar-refractivity contribution is -0.145. The van der Waals surface area contributed by atoms with E-state index in [2.05, 4.69) is 12.2 Å². The molecular weight excluding hydrogens is 234 g/mol. The van der Waals surface area contributed by atoms with Gasteiger partial charge in [0.25, 0.3) is 0 Å². The van der Waals surface area contributed by atoms with Crippen LogP contribution in [-0.4, -0.2) is 31.3 Å². The fraction of sp³-hybridized carbons (Fsp3) is 0.846. The van der Waals surface area contributed by atoms with Crippen LogP contribution < -0.4 is 5.32 Å². The number of nitrogens with one attached hydrogen (secondary N) is 1. The molecule has 106 valence electrons. The summed E-state index contributed by atoms with van der Waals surface area (Å²) in [5, 5.41) is 2.44. The topological polar surface area (TPSA) is 64.6 Å². The minimum atomic E-state index is -0.666. The number of unbranched alkanes of at least 4 members (excludes halogenated alkanes) is 3. The minimum absolute atomic E-state index is 0.376. The van der Waals surface area contributed by atoms with Crippen LogP contribution in [0.5, 0.6) is 0 Å². The van der Waals surface area contributed by atoms with Crippen molar-refractivity contribution in [1.29, 1.82) is 0 Å². The van der Waals surface area contributed by atoms with Crippen LogP contribution in [0, 0.1) is 0 Å². The fourth-order valence-electron chi connectivity index (χ4n) is 1.24. The molecule has 0 heterocycles. The summed E-state index contributed by atoms with van der Waals surface area (Å²) in [6.07, 6.45) is 4.19. The third kappa shape index (κ3) is 8.84. The number of hydrogen-bond acceptors (Lipinski definition) is 4. The van der Waals surface area contributed by atoms with Gasteiger partial charge < -0.3 is 14.8 Å². The van der Waals surface area contributed by atoms with Crippen molar-refractivity contribution >= 4 is 12.1 Å². The number of carbonyl (C=O) groups is 2. The lowest BCUT2D eigenvalue weighted by Crippen LogP contribution is -2.40. The predicted molar refractivity (Wildman–Crippen MR) is 69.3 cm³/mol. The van der Waals surface area contributed by atoms with Crippen molar-refractivity contribution in [3.8, 4) is 0 Å². The van der Waals surface area contributed by atoms with Gasteiger partial charge in [-0.15, -0.1) is 0 Å². The maximum atomic E-state index is 11.5. The summed E-state index contributed by atoms with van der Waals surface area (Å²) < 4.78 is 9.91. The lowest BCUT2D eigenvalue weighted by atomic mass is 10.3. The van der Waals surface area contributed by atoms with Crippen molar-refractivity contribution in [3.05, 3.63) is 0 Å². The van der Waals surface area contributed by atoms with Crippen molar-refractivity contribution < 1.29 is 19.1 Å². The first kappa shape index (κ1) is 16.7. The van der Waals surface area contributed by atoms with E-state index < -0.39 is 18.1 Å². The van der Waals surface area contributed by atoms with Crippen LogP contribution in [0.15, 0.2) is 0 Å². The molecule has 0 bridgehead atoms. The summed E-state index contributed by atoms with van der Waals surface area (Å²) in [7, 11) is 0. The Hall–Kier alpha value is -1.26. The van der Waals surface area contributed by atoms with E-state index in [-0.39, 0.29) is 0 Å². The maximum Gasteiger partial charge on any atom is 0.407 e. The van der Waals surface area contributed by atoms with Crippen LogP contribution >= 0.6 is 0 Å². The Balaban J connectivity index is 3.68. The Morgan fingerprint density at radius 3 is 2.22 bits per heavy atom. The standard InChI is InChI=1S/C13H25NO4/c1-4-6-8-10-17-12(15)11(3)14-13(16)18-9-7-5-2/h11H,4-10H2,1-3H3,(H,14,16)/t11-/m0/s1. The predicted octanol–water partition coefficient (Wildman–Crippen LogP) is 2.63. The molecule has 1 atom stereocenters. The first-order valence-electron chi connectivity index (χ1n) is 6.71. The van der Waals surface area contributed by atoms with Gasteiger partial charge in [0, 0.05) is 0 Å². The quantitative estimate of drug-likeness (QED) is 0.510. The molecule has 0 saturated carbocycles. The van der Waals surface area contributed by atoms with Gasteiger partial charge >= 0.3 is 12.1 Å². The highest BCUT2D eigenvalue weighted by Gasteiger charge is 2.17. The van der Waals surface area contributed by atoms with Crippen molar-refractivity contribution in [2.24, 2.45) is 0 Å². The van der Waals surface area contributed by atoms with E-state index in [1.165, 1.54) is 0 Å². The number of esters is 1. The van der Waals surface area contributed by atoms with Crippen LogP contribution in [0.4, 0.5) is 4.79 Å². The molecule has 0 unspecified atom stereocenters. The van der Waals surface area contributed by atoms with Crippen LogP contribution in [0.2, 0.25) is 0 Å². The van der Waals surface area contributed by atoms with E-state index in [1.54, 1.807) is 6.92 Å². The van der Waals surface area contributed by atoms with Gasteiger partial charge in [-0.3, -0.25) is 0 Å². The molecule has 0 aromatic carbocycles. The Morgan fingerprint density at radius 1 is 1.00 bits per heavy atom. The monoisotopic (exact) mass is 259 g/mol. The summed E-state index contributed by atoms with van der Waals surface area (Å²) in [5.41, 5.74) is 0. The van der Waals surface area contributed by atoms with Gasteiger partial charge in [0.1, 0.15) is 6.04 Å². The summed E-state index contributed by atoms with van der Waals surface area (Å²) in [4.78, 5) is 22.7. The number of amides is 1. The SMILES string of the molecule is CCCCCOC(=O)[C@H](C)NC(=O)OCCCC. The number of ether oxygens (including phenoxy) is 2. The van der Waals surface area contributed by atoms with Crippen molar-refractivity contribution in [2.75, 3.05) is 13.2 Å². The van der Waals surface area contributed by atoms with Gasteiger partial charge in [-0.2, -0.15) is 0 Å². The van der Waals surface area contributed by atoms with Gasteiger partial charge in [-0.25, -0.2) is 9.59 Å². The van der Waals surface area contributed by atoms with E-state index in [1.807, 2.05) is 6.92 Å². The molecule has 0 rings (SSSR count). The molecule has 1 amide bonds. The molecule has 1 N–H and O–H groups in total. The van der Waals surface area contributed by atoms with E-state index >= 15 is 0 Å². The van der Waals surface area contributed by atoms with Crippen LogP contribution in [0.3, 0.4) is 0 Å². The highest BCUT2D eigenvalue weighted by Crippen LogP contribution is 1.97. The van der Waals surface area contributed by atoms with Gasteiger partial charge in [0.15, 0.2) is 0 Å². The zero-order chi connectivity index (χ0) is 13.8. The Morgan fingerprint density at radius 2 is 1.61 bits per heavy atom. The highest BCUT2D eigenvalue weighted by atomic mass is 16.6. The lowest BCUT2D eigenvalue weighted by Gasteiger charge is -2.13. The highest BCUT2D eigenvalue weighted by molar-refractivity contribution is 5.80. The molecule has 5 nitrogen and oxygen atoms in total. The summed E-state index contributed by atoms with van der Waals surface area (Å²) in [6, 6.07) is -0.666. The molecule has 0 aliphatic rings. The first-order chi connectivity index (χ1) is 8.61. The molecule has 0 aliphatic heterocycles. The zero-order valence-electron chi connectivity index (χ0n) is 11.7. The summed E-state index contributed by atoms with van der Waals surface area (Å²) >= 11 is 0. The average Bonchev–Trinajstić information content (AvgIpc) is 2.34. The van der Waals surface area contributed by atoms with Crippen molar-refractivity contribution in [1.82, 2.24) is 5.32 Å². The Labute approximate surface area is 109 Å². The second-order valence-corrected chi connectivity index (χ2v) is 4.23. The number of alkyl carbamates (subject to hydrolysis) is 1. The van der Waals surface area contributed by atoms with E-state index in [4.69, 9.17) is 9.47 Å². The van der Waals surface area contributed by atoms with Gasteiger partial charge in [-0.05, 0) is 19.8 Å². The molecule has 0 spiro atoms. The van der Waals surface area contributed by atoms with Gasteiger partial charge in [0.2, 0.25) is 0 Å². The number of hydrogen-bond donors (Lipinski definition) is 1. The molecule has 0 aromatic rings. The normalized spacial score (nSPS) is 11.7. The molecule has 18 heavy (non-hydrogen) atoms. The minimum Gasteiger partial charge on any atom is -0.464 e. The molecule has 0 aromatic heterocycles. The smallest absolute Gasteiger partial charge is 0.407 e. The number of rotatable bonds is 9. The second-order valence-electron chi connectivity index (χ2n) is 4.23. The van der Waals surface area contributed by atoms with Crippen LogP contribution in [-0.2, 0) is 14.3 Å². The van der Waals surface area contributed by atoms with Crippen LogP contribution in [0.1, 0.15) is 52.9 Å². The summed E-state index contributed by atoms with van der Waals surface area (Å²) in [6.45, 7) is 6.46. The van der Waals surface area contributed by atoms with E-state index in [0.717, 1.165) is 32.1 Å². The average molecular weight is 259 g/mol. The molecule has 0 saturated heterocycles. The number of carbonyl (C=O) groups excluding carboxylic acids is 2. The molecular formula is C13H25NO4. The molecule has 0 radical (unpaired) electrons. The van der Waals surface area contributed by atoms with Gasteiger partial charge in [0.05, 0.1) is 13.2 Å². The molecule has 0 aliphatic carbocycles. The molecule has 5 heteroatoms. The van der Waals surface area contributed by atoms with E-state index in [9.17, 15) is 9.59 Å². The Kier molecular flexibility index (Phi) is 10.1. The van der Waals surface area contributed by atoms with Crippen molar-refractivity contribution in [2.45, 2.75) is 58.9 Å². The third-order valence-corrected chi connectivity index (χ3v) is 2.41. The fourth-order valence-corrected chi connectivity index (χ4v) is 1.24. The maximum absolute atomic E-state index is 11.5. The van der Waals surface area contributed by atoms with E-state index in [0.29, 0.717) is 13.2 Å². The van der Waals surface area contributed by atoms with Crippen molar-refractivity contribution in [3.63, 3.8) is 0 Å². The van der Waals surface area contributed by atoms with Gasteiger partial charge in [-0.1, -0.05) is 33.1 Å². The zero-order valence-corrected chi connectivity index (χ0v) is 11.7. The molecule has 0 fully saturated rings. The third-order valence-electron chi connectivity index (χ3n) is 2.41. The second kappa shape index (κ2) is 10.9. The first-order valence-corrected chi connectivity index (χ1v) is 6.71.